The van der Waals surface area contributed by atoms with Gasteiger partial charge in [-0.05, 0) is 47.4 Å². The molecule has 2 N–H and O–H groups in total. The van der Waals surface area contributed by atoms with E-state index in [1.54, 1.807) is 4.90 Å². The smallest absolute Gasteiger partial charge is 0.407 e. The summed E-state index contributed by atoms with van der Waals surface area (Å²) < 4.78 is 5.58. The largest absolute Gasteiger partial charge is 0.481 e. The summed E-state index contributed by atoms with van der Waals surface area (Å²) >= 11 is 0. The lowest BCUT2D eigenvalue weighted by Crippen LogP contribution is -2.51. The molecule has 0 aromatic heterocycles. The Morgan fingerprint density at radius 2 is 1.73 bits per heavy atom. The van der Waals surface area contributed by atoms with Crippen LogP contribution < -0.4 is 5.32 Å². The number of aliphatic carboxylic acids is 1. The molecule has 33 heavy (non-hydrogen) atoms. The van der Waals surface area contributed by atoms with E-state index in [1.807, 2.05) is 31.2 Å². The van der Waals surface area contributed by atoms with Crippen molar-refractivity contribution >= 4 is 18.0 Å². The van der Waals surface area contributed by atoms with E-state index in [2.05, 4.69) is 29.6 Å². The Morgan fingerprint density at radius 3 is 2.33 bits per heavy atom. The molecule has 0 bridgehead atoms. The minimum absolute atomic E-state index is 0.0437. The van der Waals surface area contributed by atoms with Gasteiger partial charge in [-0.3, -0.25) is 9.59 Å². The van der Waals surface area contributed by atoms with E-state index in [1.165, 1.54) is 0 Å². The van der Waals surface area contributed by atoms with Crippen molar-refractivity contribution in [1.82, 2.24) is 10.2 Å². The van der Waals surface area contributed by atoms with Gasteiger partial charge < -0.3 is 20.1 Å². The minimum atomic E-state index is -0.849. The molecule has 4 rings (SSSR count). The Morgan fingerprint density at radius 1 is 1.09 bits per heavy atom. The van der Waals surface area contributed by atoms with Gasteiger partial charge in [0.1, 0.15) is 12.6 Å². The fourth-order valence-corrected chi connectivity index (χ4v) is 5.02. The first-order valence-electron chi connectivity index (χ1n) is 11.6. The van der Waals surface area contributed by atoms with E-state index in [0.717, 1.165) is 35.1 Å². The number of carbonyl (C=O) groups excluding carboxylic acids is 2. The van der Waals surface area contributed by atoms with Crippen molar-refractivity contribution < 1.29 is 24.2 Å². The number of nitrogens with zero attached hydrogens (tertiary/aromatic N) is 1. The molecule has 2 amide bonds. The molecule has 0 saturated carbocycles. The van der Waals surface area contributed by atoms with Crippen molar-refractivity contribution in [3.05, 3.63) is 59.7 Å². The second-order valence-electron chi connectivity index (χ2n) is 8.82. The maximum Gasteiger partial charge on any atom is 0.407 e. The molecule has 1 aliphatic carbocycles. The molecule has 2 aromatic carbocycles. The van der Waals surface area contributed by atoms with Crippen LogP contribution in [0.5, 0.6) is 0 Å². The molecule has 1 heterocycles. The van der Waals surface area contributed by atoms with Gasteiger partial charge in [-0.15, -0.1) is 0 Å². The molecule has 0 spiro atoms. The number of hydrogen-bond donors (Lipinski definition) is 2. The summed E-state index contributed by atoms with van der Waals surface area (Å²) in [6, 6.07) is 15.6. The first-order chi connectivity index (χ1) is 16.0. The Kier molecular flexibility index (Phi) is 6.96. The van der Waals surface area contributed by atoms with E-state index >= 15 is 0 Å². The molecule has 1 unspecified atom stereocenters. The number of piperidine rings is 1. The third-order valence-corrected chi connectivity index (χ3v) is 6.64. The molecule has 2 aromatic rings. The second-order valence-corrected chi connectivity index (χ2v) is 8.82. The van der Waals surface area contributed by atoms with Gasteiger partial charge in [0.25, 0.3) is 0 Å². The zero-order valence-electron chi connectivity index (χ0n) is 18.8. The molecular weight excluding hydrogens is 420 g/mol. The average molecular weight is 451 g/mol. The van der Waals surface area contributed by atoms with Crippen LogP contribution in [0.2, 0.25) is 0 Å². The molecule has 2 atom stereocenters. The van der Waals surface area contributed by atoms with Crippen molar-refractivity contribution in [2.75, 3.05) is 19.7 Å². The summed E-state index contributed by atoms with van der Waals surface area (Å²) in [5, 5.41) is 11.8. The number of carbonyl (C=O) groups is 3. The van der Waals surface area contributed by atoms with Crippen LogP contribution in [-0.4, -0.2) is 53.7 Å². The van der Waals surface area contributed by atoms with E-state index < -0.39 is 18.1 Å². The lowest BCUT2D eigenvalue weighted by atomic mass is 9.94. The van der Waals surface area contributed by atoms with E-state index in [0.29, 0.717) is 19.5 Å². The number of alkyl carbamates (subject to hydrolysis) is 1. The predicted molar refractivity (Wildman–Crippen MR) is 124 cm³/mol. The number of carboxylic acids is 1. The molecule has 7 heteroatoms. The Balaban J connectivity index is 1.36. The maximum absolute atomic E-state index is 13.0. The van der Waals surface area contributed by atoms with Crippen molar-refractivity contribution in [1.29, 1.82) is 0 Å². The van der Waals surface area contributed by atoms with Gasteiger partial charge in [-0.2, -0.15) is 0 Å². The van der Waals surface area contributed by atoms with Crippen molar-refractivity contribution in [2.24, 2.45) is 5.92 Å². The Labute approximate surface area is 193 Å². The summed E-state index contributed by atoms with van der Waals surface area (Å²) in [5.41, 5.74) is 4.58. The van der Waals surface area contributed by atoms with Gasteiger partial charge in [-0.25, -0.2) is 4.79 Å². The van der Waals surface area contributed by atoms with Crippen LogP contribution in [0.1, 0.15) is 49.7 Å². The first kappa shape index (κ1) is 22.8. The van der Waals surface area contributed by atoms with Crippen molar-refractivity contribution in [3.8, 4) is 11.1 Å². The standard InChI is InChI=1S/C26H30N2O5/c1-2-23(25(31)28-13-7-8-17(15-28)14-24(29)30)27-26(32)33-16-22-20-11-5-3-9-18(20)19-10-4-6-12-21(19)22/h3-6,9-12,17,22-23H,2,7-8,13-16H2,1H3,(H,27,32)(H,29,30)/t17?,23-/m1/s1. The van der Waals surface area contributed by atoms with Crippen LogP contribution in [0.3, 0.4) is 0 Å². The van der Waals surface area contributed by atoms with Gasteiger partial charge >= 0.3 is 12.1 Å². The zero-order valence-corrected chi connectivity index (χ0v) is 18.8. The van der Waals surface area contributed by atoms with Crippen molar-refractivity contribution in [3.63, 3.8) is 0 Å². The van der Waals surface area contributed by atoms with Crippen LogP contribution in [0, 0.1) is 5.92 Å². The van der Waals surface area contributed by atoms with Gasteiger partial charge in [0, 0.05) is 25.4 Å². The number of carboxylic acid groups (broad SMARTS) is 1. The van der Waals surface area contributed by atoms with E-state index in [4.69, 9.17) is 9.84 Å². The van der Waals surface area contributed by atoms with Gasteiger partial charge in [0.05, 0.1) is 0 Å². The molecule has 2 aliphatic rings. The lowest BCUT2D eigenvalue weighted by Gasteiger charge is -2.34. The molecule has 1 saturated heterocycles. The summed E-state index contributed by atoms with van der Waals surface area (Å²) in [5.74, 6) is -1.12. The first-order valence-corrected chi connectivity index (χ1v) is 11.6. The van der Waals surface area contributed by atoms with Crippen molar-refractivity contribution in [2.45, 2.75) is 44.6 Å². The highest BCUT2D eigenvalue weighted by atomic mass is 16.5. The molecule has 1 fully saturated rings. The molecule has 1 aliphatic heterocycles. The Hall–Kier alpha value is -3.35. The fraction of sp³-hybridized carbons (Fsp3) is 0.423. The summed E-state index contributed by atoms with van der Waals surface area (Å²) in [4.78, 5) is 38.3. The molecule has 7 nitrogen and oxygen atoms in total. The second kappa shape index (κ2) is 10.1. The van der Waals surface area contributed by atoms with Crippen LogP contribution in [-0.2, 0) is 14.3 Å². The fourth-order valence-electron chi connectivity index (χ4n) is 5.02. The summed E-state index contributed by atoms with van der Waals surface area (Å²) in [6.45, 7) is 3.02. The number of rotatable bonds is 7. The normalized spacial score (nSPS) is 18.2. The highest BCUT2D eigenvalue weighted by Crippen LogP contribution is 2.44. The molecule has 174 valence electrons. The van der Waals surface area contributed by atoms with E-state index in [-0.39, 0.29) is 30.8 Å². The number of benzene rings is 2. The van der Waals surface area contributed by atoms with Crippen LogP contribution >= 0.6 is 0 Å². The highest BCUT2D eigenvalue weighted by Gasteiger charge is 2.32. The minimum Gasteiger partial charge on any atom is -0.481 e. The van der Waals surface area contributed by atoms with Crippen LogP contribution in [0.25, 0.3) is 11.1 Å². The maximum atomic E-state index is 13.0. The number of amides is 2. The Bertz CT molecular complexity index is 991. The monoisotopic (exact) mass is 450 g/mol. The molecular formula is C26H30N2O5. The molecule has 0 radical (unpaired) electrons. The SMILES string of the molecule is CC[C@@H](NC(=O)OCC1c2ccccc2-c2ccccc21)C(=O)N1CCCC(CC(=O)O)C1. The van der Waals surface area contributed by atoms with E-state index in [9.17, 15) is 14.4 Å². The van der Waals surface area contributed by atoms with Gasteiger partial charge in [-0.1, -0.05) is 55.5 Å². The number of nitrogens with one attached hydrogen (secondary N) is 1. The number of fused-ring (bicyclic) bond motifs is 3. The zero-order chi connectivity index (χ0) is 23.4. The quantitative estimate of drug-likeness (QED) is 0.664. The summed E-state index contributed by atoms with van der Waals surface area (Å²) in [7, 11) is 0. The highest BCUT2D eigenvalue weighted by molar-refractivity contribution is 5.86. The number of hydrogen-bond acceptors (Lipinski definition) is 4. The van der Waals surface area contributed by atoms with Gasteiger partial charge in [0.15, 0.2) is 0 Å². The van der Waals surface area contributed by atoms with Gasteiger partial charge in [0.2, 0.25) is 5.91 Å². The lowest BCUT2D eigenvalue weighted by molar-refractivity contribution is -0.141. The number of ether oxygens (including phenoxy) is 1. The third kappa shape index (κ3) is 5.02. The van der Waals surface area contributed by atoms with Crippen LogP contribution in [0.15, 0.2) is 48.5 Å². The summed E-state index contributed by atoms with van der Waals surface area (Å²) in [6.07, 6.45) is 1.44. The average Bonchev–Trinajstić information content (AvgIpc) is 3.14. The topological polar surface area (TPSA) is 95.9 Å². The number of likely N-dealkylation sites (tertiary alicyclic amines) is 1. The predicted octanol–water partition coefficient (Wildman–Crippen LogP) is 4.02. The van der Waals surface area contributed by atoms with Crippen LogP contribution in [0.4, 0.5) is 4.79 Å². The third-order valence-electron chi connectivity index (χ3n) is 6.64.